The van der Waals surface area contributed by atoms with Gasteiger partial charge in [-0.3, -0.25) is 0 Å². The Bertz CT molecular complexity index is 600. The molecule has 0 saturated heterocycles. The van der Waals surface area contributed by atoms with Gasteiger partial charge in [0.1, 0.15) is 11.5 Å². The Labute approximate surface area is 131 Å². The van der Waals surface area contributed by atoms with Crippen LogP contribution in [-0.4, -0.2) is 6.54 Å². The minimum absolute atomic E-state index is 0.133. The van der Waals surface area contributed by atoms with Gasteiger partial charge in [0.25, 0.3) is 0 Å². The van der Waals surface area contributed by atoms with E-state index in [1.165, 1.54) is 5.56 Å². The number of nitrogens with two attached hydrogens (primary N) is 1. The Kier molecular flexibility index (Phi) is 4.92. The lowest BCUT2D eigenvalue weighted by Crippen LogP contribution is -2.10. The summed E-state index contributed by atoms with van der Waals surface area (Å²) in [5.41, 5.74) is 8.08. The fraction of sp³-hybridized carbons (Fsp3) is 0.333. The number of hydrogen-bond acceptors (Lipinski definition) is 2. The monoisotopic (exact) mass is 303 g/mol. The molecule has 0 unspecified atom stereocenters. The van der Waals surface area contributed by atoms with Crippen molar-refractivity contribution in [3.05, 3.63) is 58.6 Å². The zero-order valence-electron chi connectivity index (χ0n) is 12.8. The first-order chi connectivity index (χ1) is 9.91. The molecule has 2 rings (SSSR count). The van der Waals surface area contributed by atoms with Crippen molar-refractivity contribution in [3.8, 4) is 11.5 Å². The fourth-order valence-electron chi connectivity index (χ4n) is 2.16. The van der Waals surface area contributed by atoms with Gasteiger partial charge < -0.3 is 10.5 Å². The molecule has 0 atom stereocenters. The van der Waals surface area contributed by atoms with Crippen molar-refractivity contribution in [2.75, 3.05) is 6.54 Å². The van der Waals surface area contributed by atoms with Crippen LogP contribution in [-0.2, 0) is 11.8 Å². The van der Waals surface area contributed by atoms with Gasteiger partial charge in [0.05, 0.1) is 5.02 Å². The third-order valence-electron chi connectivity index (χ3n) is 3.40. The highest BCUT2D eigenvalue weighted by Crippen LogP contribution is 2.34. The molecular weight excluding hydrogens is 282 g/mol. The summed E-state index contributed by atoms with van der Waals surface area (Å²) in [6.07, 6.45) is 0.746. The SMILES string of the molecule is CC(C)(C)c1ccc(Oc2c(Cl)cccc2CCN)cc1. The highest BCUT2D eigenvalue weighted by molar-refractivity contribution is 6.32. The summed E-state index contributed by atoms with van der Waals surface area (Å²) in [7, 11) is 0. The maximum absolute atomic E-state index is 6.25. The molecule has 0 spiro atoms. The molecule has 0 aliphatic rings. The first-order valence-corrected chi connectivity index (χ1v) is 7.55. The van der Waals surface area contributed by atoms with Crippen LogP contribution in [0.1, 0.15) is 31.9 Å². The quantitative estimate of drug-likeness (QED) is 0.869. The van der Waals surface area contributed by atoms with Crippen LogP contribution in [0.4, 0.5) is 0 Å². The fourth-order valence-corrected chi connectivity index (χ4v) is 2.39. The molecule has 0 aliphatic carbocycles. The molecule has 2 aromatic rings. The van der Waals surface area contributed by atoms with E-state index in [1.807, 2.05) is 30.3 Å². The van der Waals surface area contributed by atoms with Gasteiger partial charge >= 0.3 is 0 Å². The molecule has 21 heavy (non-hydrogen) atoms. The van der Waals surface area contributed by atoms with E-state index >= 15 is 0 Å². The Morgan fingerprint density at radius 1 is 1.05 bits per heavy atom. The Morgan fingerprint density at radius 3 is 2.29 bits per heavy atom. The maximum Gasteiger partial charge on any atom is 0.149 e. The summed E-state index contributed by atoms with van der Waals surface area (Å²) >= 11 is 6.25. The molecule has 2 aromatic carbocycles. The van der Waals surface area contributed by atoms with Crippen LogP contribution < -0.4 is 10.5 Å². The predicted molar refractivity (Wildman–Crippen MR) is 89.4 cm³/mol. The van der Waals surface area contributed by atoms with Gasteiger partial charge in [0.15, 0.2) is 0 Å². The molecule has 3 heteroatoms. The van der Waals surface area contributed by atoms with E-state index in [0.717, 1.165) is 17.7 Å². The first-order valence-electron chi connectivity index (χ1n) is 7.17. The summed E-state index contributed by atoms with van der Waals surface area (Å²) in [5.74, 6) is 1.49. The molecule has 0 bridgehead atoms. The molecule has 112 valence electrons. The van der Waals surface area contributed by atoms with Crippen LogP contribution in [0, 0.1) is 0 Å². The minimum Gasteiger partial charge on any atom is -0.456 e. The van der Waals surface area contributed by atoms with E-state index in [-0.39, 0.29) is 5.41 Å². The van der Waals surface area contributed by atoms with Crippen molar-refractivity contribution in [2.24, 2.45) is 5.73 Å². The van der Waals surface area contributed by atoms with E-state index in [4.69, 9.17) is 22.1 Å². The minimum atomic E-state index is 0.133. The van der Waals surface area contributed by atoms with Gasteiger partial charge in [-0.25, -0.2) is 0 Å². The summed E-state index contributed by atoms with van der Waals surface area (Å²) < 4.78 is 5.97. The smallest absolute Gasteiger partial charge is 0.149 e. The number of ether oxygens (including phenoxy) is 1. The molecule has 0 aliphatic heterocycles. The lowest BCUT2D eigenvalue weighted by Gasteiger charge is -2.19. The van der Waals surface area contributed by atoms with Crippen molar-refractivity contribution < 1.29 is 4.74 Å². The van der Waals surface area contributed by atoms with Crippen LogP contribution >= 0.6 is 11.6 Å². The third-order valence-corrected chi connectivity index (χ3v) is 3.70. The Balaban J connectivity index is 2.26. The van der Waals surface area contributed by atoms with Crippen LogP contribution in [0.15, 0.2) is 42.5 Å². The summed E-state index contributed by atoms with van der Waals surface area (Å²) in [6, 6.07) is 13.9. The maximum atomic E-state index is 6.25. The molecule has 0 saturated carbocycles. The molecular formula is C18H22ClNO. The second kappa shape index (κ2) is 6.50. The van der Waals surface area contributed by atoms with Crippen LogP contribution in [0.25, 0.3) is 0 Å². The topological polar surface area (TPSA) is 35.2 Å². The van der Waals surface area contributed by atoms with E-state index in [1.54, 1.807) is 0 Å². The van der Waals surface area contributed by atoms with E-state index in [9.17, 15) is 0 Å². The zero-order valence-corrected chi connectivity index (χ0v) is 13.6. The predicted octanol–water partition coefficient (Wildman–Crippen LogP) is 4.93. The molecule has 2 N–H and O–H groups in total. The van der Waals surface area contributed by atoms with E-state index < -0.39 is 0 Å². The lowest BCUT2D eigenvalue weighted by molar-refractivity contribution is 0.475. The van der Waals surface area contributed by atoms with Gasteiger partial charge in [0, 0.05) is 0 Å². The average molecular weight is 304 g/mol. The molecule has 0 radical (unpaired) electrons. The summed E-state index contributed by atoms with van der Waals surface area (Å²) in [5, 5.41) is 0.612. The Morgan fingerprint density at radius 2 is 1.71 bits per heavy atom. The Hall–Kier alpha value is -1.51. The van der Waals surface area contributed by atoms with Crippen LogP contribution in [0.3, 0.4) is 0 Å². The molecule has 0 amide bonds. The first kappa shape index (κ1) is 15.9. The van der Waals surface area contributed by atoms with Crippen molar-refractivity contribution in [2.45, 2.75) is 32.6 Å². The van der Waals surface area contributed by atoms with Gasteiger partial charge in [0.2, 0.25) is 0 Å². The van der Waals surface area contributed by atoms with Crippen molar-refractivity contribution in [1.82, 2.24) is 0 Å². The van der Waals surface area contributed by atoms with E-state index in [0.29, 0.717) is 17.3 Å². The second-order valence-corrected chi connectivity index (χ2v) is 6.55. The van der Waals surface area contributed by atoms with Gasteiger partial charge in [-0.1, -0.05) is 56.6 Å². The average Bonchev–Trinajstić information content (AvgIpc) is 2.42. The highest BCUT2D eigenvalue weighted by atomic mass is 35.5. The highest BCUT2D eigenvalue weighted by Gasteiger charge is 2.14. The van der Waals surface area contributed by atoms with Gasteiger partial charge in [-0.05, 0) is 47.7 Å². The van der Waals surface area contributed by atoms with Crippen molar-refractivity contribution in [3.63, 3.8) is 0 Å². The lowest BCUT2D eigenvalue weighted by atomic mass is 9.87. The second-order valence-electron chi connectivity index (χ2n) is 6.14. The number of halogens is 1. The van der Waals surface area contributed by atoms with Crippen molar-refractivity contribution in [1.29, 1.82) is 0 Å². The summed E-state index contributed by atoms with van der Waals surface area (Å²) in [4.78, 5) is 0. The third kappa shape index (κ3) is 3.99. The normalized spacial score (nSPS) is 11.5. The number of benzene rings is 2. The standard InChI is InChI=1S/C18H22ClNO/c1-18(2,3)14-7-9-15(10-8-14)21-17-13(11-12-20)5-4-6-16(17)19/h4-10H,11-12,20H2,1-3H3. The zero-order chi connectivity index (χ0) is 15.5. The van der Waals surface area contributed by atoms with Crippen molar-refractivity contribution >= 4 is 11.6 Å². The van der Waals surface area contributed by atoms with E-state index in [2.05, 4.69) is 32.9 Å². The molecule has 0 fully saturated rings. The van der Waals surface area contributed by atoms with Crippen LogP contribution in [0.2, 0.25) is 5.02 Å². The number of rotatable bonds is 4. The van der Waals surface area contributed by atoms with Gasteiger partial charge in [-0.15, -0.1) is 0 Å². The number of para-hydroxylation sites is 1. The molecule has 0 heterocycles. The largest absolute Gasteiger partial charge is 0.456 e. The number of hydrogen-bond donors (Lipinski definition) is 1. The molecule has 0 aromatic heterocycles. The van der Waals surface area contributed by atoms with Crippen LogP contribution in [0.5, 0.6) is 11.5 Å². The van der Waals surface area contributed by atoms with Gasteiger partial charge in [-0.2, -0.15) is 0 Å². The summed E-state index contributed by atoms with van der Waals surface area (Å²) in [6.45, 7) is 7.14. The molecule has 2 nitrogen and oxygen atoms in total.